The number of hydrogen-bond donors (Lipinski definition) is 0. The fourth-order valence-electron chi connectivity index (χ4n) is 10.6. The van der Waals surface area contributed by atoms with Gasteiger partial charge >= 0.3 is 0 Å². The quantitative estimate of drug-likeness (QED) is 0.120. The number of fused-ring (bicyclic) bond motifs is 6. The number of rotatable bonds is 11. The van der Waals surface area contributed by atoms with Gasteiger partial charge in [0, 0.05) is 37.7 Å². The molecule has 0 spiro atoms. The van der Waals surface area contributed by atoms with Gasteiger partial charge in [0.05, 0.1) is 0 Å². The average molecular weight is 1090 g/mol. The second-order valence-electron chi connectivity index (χ2n) is 20.5. The molecule has 12 rings (SSSR count). The first-order valence-electron chi connectivity index (χ1n) is 24.6. The summed E-state index contributed by atoms with van der Waals surface area (Å²) in [5.74, 6) is 0. The third kappa shape index (κ3) is 9.60. The monoisotopic (exact) mass is 1090 g/mol. The summed E-state index contributed by atoms with van der Waals surface area (Å²) in [5, 5.41) is 0. The van der Waals surface area contributed by atoms with E-state index < -0.39 is 0 Å². The topological polar surface area (TPSA) is 19.4 Å². The van der Waals surface area contributed by atoms with E-state index in [2.05, 4.69) is 251 Å². The molecule has 1 aromatic heterocycles. The molecule has 4 aliphatic rings. The predicted molar refractivity (Wildman–Crippen MR) is 291 cm³/mol. The Balaban J connectivity index is 0.00000547. The number of anilines is 2. The summed E-state index contributed by atoms with van der Waals surface area (Å²) in [5.41, 5.74) is 23.8. The molecule has 0 aliphatic carbocycles. The molecule has 0 bridgehead atoms. The van der Waals surface area contributed by atoms with Crippen LogP contribution in [0, 0.1) is 42.1 Å². The van der Waals surface area contributed by atoms with Crippen LogP contribution in [0.5, 0.6) is 0 Å². The van der Waals surface area contributed by atoms with E-state index in [1.807, 2.05) is 12.3 Å². The second kappa shape index (κ2) is 18.9. The maximum Gasteiger partial charge on any atom is 0.0239 e. The van der Waals surface area contributed by atoms with E-state index in [0.29, 0.717) is 0 Å². The van der Waals surface area contributed by atoms with Gasteiger partial charge in [-0.2, -0.15) is 47.5 Å². The van der Waals surface area contributed by atoms with Crippen molar-refractivity contribution in [1.29, 1.82) is 0 Å². The smallest absolute Gasteiger partial charge is 0.0239 e. The Morgan fingerprint density at radius 2 is 0.972 bits per heavy atom. The summed E-state index contributed by atoms with van der Waals surface area (Å²) < 4.78 is 0. The Morgan fingerprint density at radius 3 is 1.54 bits per heavy atom. The normalized spacial score (nSPS) is 15.5. The summed E-state index contributed by atoms with van der Waals surface area (Å²) in [6.07, 6.45) is 19.4. The van der Waals surface area contributed by atoms with E-state index >= 15 is 0 Å². The molecule has 71 heavy (non-hydrogen) atoms. The zero-order valence-corrected chi connectivity index (χ0v) is 43.0. The van der Waals surface area contributed by atoms with Crippen LogP contribution in [0.3, 0.4) is 0 Å². The Labute approximate surface area is 434 Å². The largest absolute Gasteiger partial charge is 0.514 e. The van der Waals surface area contributed by atoms with Crippen molar-refractivity contribution in [2.75, 3.05) is 9.80 Å². The zero-order chi connectivity index (χ0) is 47.4. The minimum atomic E-state index is 0. The Hall–Kier alpha value is -7.10. The van der Waals surface area contributed by atoms with Gasteiger partial charge in [-0.05, 0) is 68.6 Å². The number of hydrogen-bond acceptors (Lipinski definition) is 3. The molecule has 0 saturated carbocycles. The van der Waals surface area contributed by atoms with Gasteiger partial charge in [-0.15, -0.1) is 69.5 Å². The summed E-state index contributed by atoms with van der Waals surface area (Å²) in [4.78, 5) is 9.66. The molecule has 5 heterocycles. The van der Waals surface area contributed by atoms with Gasteiger partial charge in [-0.3, -0.25) is 0 Å². The molecule has 3 nitrogen and oxygen atoms in total. The third-order valence-electron chi connectivity index (χ3n) is 14.1. The molecule has 0 amide bonds. The van der Waals surface area contributed by atoms with Gasteiger partial charge in [0.2, 0.25) is 0 Å². The molecule has 4 aliphatic heterocycles. The van der Waals surface area contributed by atoms with Crippen LogP contribution in [0.1, 0.15) is 61.1 Å². The van der Waals surface area contributed by atoms with Gasteiger partial charge in [0.25, 0.3) is 0 Å². The van der Waals surface area contributed by atoms with Gasteiger partial charge in [0.1, 0.15) is 0 Å². The molecular formula is C67H54IrN3-5. The van der Waals surface area contributed by atoms with Crippen molar-refractivity contribution in [2.24, 2.45) is 10.8 Å². The van der Waals surface area contributed by atoms with Crippen molar-refractivity contribution >= 4 is 23.5 Å². The Morgan fingerprint density at radius 1 is 0.465 bits per heavy atom. The SMILES string of the molecule is CC1(C)C=C2C=Cc3cc(CCc4cc(CCc5c[c-]c6c(c5)C=CC5=CC(C)(C)[CH-]N56)cc(-c5ccccc5-c5ccc(-c6[c-]ccc(-c7ccc(-c8ccccc8)cc7)c6)nc5)c4)c[c-]c3N2[CH-]1.[Ir]. The van der Waals surface area contributed by atoms with Crippen LogP contribution in [0.15, 0.2) is 194 Å². The fraction of sp³-hybridized carbons (Fsp3) is 0.149. The van der Waals surface area contributed by atoms with Crippen LogP contribution >= 0.6 is 0 Å². The Kier molecular flexibility index (Phi) is 12.3. The van der Waals surface area contributed by atoms with E-state index in [9.17, 15) is 0 Å². The van der Waals surface area contributed by atoms with Crippen molar-refractivity contribution in [1.82, 2.24) is 4.98 Å². The van der Waals surface area contributed by atoms with Crippen LogP contribution < -0.4 is 9.80 Å². The van der Waals surface area contributed by atoms with Crippen molar-refractivity contribution in [2.45, 2.75) is 53.4 Å². The molecule has 0 N–H and O–H groups in total. The number of benzene rings is 7. The predicted octanol–water partition coefficient (Wildman–Crippen LogP) is 16.2. The first-order valence-corrected chi connectivity index (χ1v) is 24.6. The average Bonchev–Trinajstić information content (AvgIpc) is 3.90. The van der Waals surface area contributed by atoms with Crippen LogP contribution in [0.2, 0.25) is 0 Å². The zero-order valence-electron chi connectivity index (χ0n) is 40.6. The van der Waals surface area contributed by atoms with Crippen molar-refractivity contribution in [3.05, 3.63) is 258 Å². The summed E-state index contributed by atoms with van der Waals surface area (Å²) >= 11 is 0. The molecule has 0 unspecified atom stereocenters. The van der Waals surface area contributed by atoms with Crippen LogP contribution in [-0.2, 0) is 45.8 Å². The maximum absolute atomic E-state index is 5.06. The van der Waals surface area contributed by atoms with Crippen molar-refractivity contribution in [3.8, 4) is 55.8 Å². The molecule has 7 aromatic carbocycles. The van der Waals surface area contributed by atoms with E-state index in [0.717, 1.165) is 59.4 Å². The van der Waals surface area contributed by atoms with E-state index in [1.165, 1.54) is 78.2 Å². The molecule has 1 radical (unpaired) electrons. The van der Waals surface area contributed by atoms with Crippen LogP contribution in [-0.4, -0.2) is 4.98 Å². The first kappa shape index (κ1) is 46.3. The molecular weight excluding hydrogens is 1040 g/mol. The third-order valence-corrected chi connectivity index (χ3v) is 14.1. The van der Waals surface area contributed by atoms with Gasteiger partial charge in [-0.25, -0.2) is 13.1 Å². The molecule has 0 fully saturated rings. The molecule has 4 heteroatoms. The van der Waals surface area contributed by atoms with E-state index in [-0.39, 0.29) is 30.9 Å². The van der Waals surface area contributed by atoms with E-state index in [4.69, 9.17) is 4.98 Å². The fourth-order valence-corrected chi connectivity index (χ4v) is 10.6. The van der Waals surface area contributed by atoms with E-state index in [1.54, 1.807) is 0 Å². The van der Waals surface area contributed by atoms with Crippen molar-refractivity contribution < 1.29 is 20.1 Å². The van der Waals surface area contributed by atoms with Crippen LogP contribution in [0.4, 0.5) is 11.4 Å². The number of nitrogens with zero attached hydrogens (tertiary/aromatic N) is 3. The maximum atomic E-state index is 5.06. The molecule has 0 atom stereocenters. The van der Waals surface area contributed by atoms with Gasteiger partial charge in [0.15, 0.2) is 0 Å². The van der Waals surface area contributed by atoms with Crippen molar-refractivity contribution in [3.63, 3.8) is 0 Å². The summed E-state index contributed by atoms with van der Waals surface area (Å²) in [6, 6.07) is 65.9. The van der Waals surface area contributed by atoms with Gasteiger partial charge in [-0.1, -0.05) is 185 Å². The standard InChI is InChI=1S/C67H54N3.Ir/c1-66(2)41-59-30-27-55-36-46(21-33-64(55)69(59)44-66)17-19-48-35-49(20-18-47-22-34-65-56(37-47)28-31-60-42-67(3,4)45-70(60)65)39-58(38-48)62-16-9-8-15-61(62)57-29-32-63(68-43-57)54-14-10-13-53(40-54)52-25-23-51(24-26-52)50-11-6-5-7-12-50;/h5-13,15-16,21-32,35-45H,17-20H2,1-4H3;/q-5;. The molecule has 351 valence electrons. The molecule has 0 saturated heterocycles. The first-order chi connectivity index (χ1) is 34.1. The number of allylic oxidation sites excluding steroid dienone is 2. The Bertz CT molecular complexity index is 3310. The van der Waals surface area contributed by atoms with Gasteiger partial charge < -0.3 is 14.8 Å². The number of aryl methyl sites for hydroxylation is 4. The molecule has 8 aromatic rings. The number of pyridine rings is 1. The summed E-state index contributed by atoms with van der Waals surface area (Å²) in [6.45, 7) is 13.6. The number of aromatic nitrogens is 1. The minimum Gasteiger partial charge on any atom is -0.514 e. The summed E-state index contributed by atoms with van der Waals surface area (Å²) in [7, 11) is 0. The second-order valence-corrected chi connectivity index (χ2v) is 20.5. The van der Waals surface area contributed by atoms with Crippen LogP contribution in [0.25, 0.3) is 67.9 Å². The minimum absolute atomic E-state index is 0.